The Hall–Kier alpha value is -2.89. The maximum atomic E-state index is 12.5. The van der Waals surface area contributed by atoms with Crippen LogP contribution in [0.5, 0.6) is 11.5 Å². The van der Waals surface area contributed by atoms with E-state index >= 15 is 0 Å². The van der Waals surface area contributed by atoms with Crippen molar-refractivity contribution in [2.45, 2.75) is 6.42 Å². The zero-order valence-electron chi connectivity index (χ0n) is 16.0. The van der Waals surface area contributed by atoms with Crippen molar-refractivity contribution in [2.75, 3.05) is 57.2 Å². The molecule has 0 aliphatic carbocycles. The van der Waals surface area contributed by atoms with Gasteiger partial charge in [-0.05, 0) is 24.3 Å². The largest absolute Gasteiger partial charge is 0.495 e. The highest BCUT2D eigenvalue weighted by Gasteiger charge is 2.22. The van der Waals surface area contributed by atoms with Crippen LogP contribution in [0.2, 0.25) is 0 Å². The van der Waals surface area contributed by atoms with Gasteiger partial charge in [-0.3, -0.25) is 4.79 Å². The van der Waals surface area contributed by atoms with Crippen LogP contribution >= 0.6 is 0 Å². The van der Waals surface area contributed by atoms with Crippen molar-refractivity contribution in [3.05, 3.63) is 48.5 Å². The van der Waals surface area contributed by atoms with Crippen molar-refractivity contribution in [3.8, 4) is 11.5 Å². The van der Waals surface area contributed by atoms with E-state index in [4.69, 9.17) is 9.47 Å². The maximum absolute atomic E-state index is 12.5. The van der Waals surface area contributed by atoms with E-state index in [-0.39, 0.29) is 5.91 Å². The molecule has 1 aliphatic rings. The molecule has 0 bridgehead atoms. The molecule has 2 aromatic rings. The second-order valence-electron chi connectivity index (χ2n) is 6.42. The average molecular weight is 369 g/mol. The van der Waals surface area contributed by atoms with Gasteiger partial charge in [-0.1, -0.05) is 24.3 Å². The predicted octanol–water partition coefficient (Wildman–Crippen LogP) is 2.85. The molecule has 0 unspecified atom stereocenters. The van der Waals surface area contributed by atoms with E-state index in [1.165, 1.54) is 0 Å². The molecular formula is C21H27N3O3. The number of hydrogen-bond acceptors (Lipinski definition) is 5. The molecule has 6 heteroatoms. The lowest BCUT2D eigenvalue weighted by Gasteiger charge is -2.36. The minimum atomic E-state index is 0.178. The molecule has 0 spiro atoms. The smallest absolute Gasteiger partial charge is 0.224 e. The number of methoxy groups -OCH3 is 2. The standard InChI is InChI=1S/C21H27N3O3/c1-26-19-9-5-3-7-17(19)22-12-11-21(25)24-15-13-23(14-16-24)18-8-4-6-10-20(18)27-2/h3-10,22H,11-16H2,1-2H3. The first-order valence-corrected chi connectivity index (χ1v) is 9.25. The Kier molecular flexibility index (Phi) is 6.41. The first kappa shape index (κ1) is 18.9. The number of nitrogens with zero attached hydrogens (tertiary/aromatic N) is 2. The second-order valence-corrected chi connectivity index (χ2v) is 6.42. The van der Waals surface area contributed by atoms with Gasteiger partial charge < -0.3 is 24.6 Å². The van der Waals surface area contributed by atoms with Gasteiger partial charge in [0.25, 0.3) is 0 Å². The van der Waals surface area contributed by atoms with Crippen LogP contribution in [0.15, 0.2) is 48.5 Å². The van der Waals surface area contributed by atoms with Crippen LogP contribution in [-0.4, -0.2) is 57.8 Å². The molecular weight excluding hydrogens is 342 g/mol. The normalized spacial score (nSPS) is 14.0. The van der Waals surface area contributed by atoms with Crippen molar-refractivity contribution < 1.29 is 14.3 Å². The van der Waals surface area contributed by atoms with Crippen molar-refractivity contribution in [1.82, 2.24) is 4.90 Å². The van der Waals surface area contributed by atoms with Gasteiger partial charge in [0, 0.05) is 39.1 Å². The number of hydrogen-bond donors (Lipinski definition) is 1. The fraction of sp³-hybridized carbons (Fsp3) is 0.381. The molecule has 0 aromatic heterocycles. The lowest BCUT2D eigenvalue weighted by atomic mass is 10.2. The highest BCUT2D eigenvalue weighted by atomic mass is 16.5. The van der Waals surface area contributed by atoms with E-state index in [9.17, 15) is 4.79 Å². The number of nitrogens with one attached hydrogen (secondary N) is 1. The summed E-state index contributed by atoms with van der Waals surface area (Å²) >= 11 is 0. The van der Waals surface area contributed by atoms with Crippen LogP contribution < -0.4 is 19.7 Å². The molecule has 0 atom stereocenters. The molecule has 6 nitrogen and oxygen atoms in total. The summed E-state index contributed by atoms with van der Waals surface area (Å²) in [6, 6.07) is 15.7. The van der Waals surface area contributed by atoms with Crippen LogP contribution in [0.4, 0.5) is 11.4 Å². The Morgan fingerprint density at radius 3 is 2.26 bits per heavy atom. The van der Waals surface area contributed by atoms with Crippen LogP contribution in [0.1, 0.15) is 6.42 Å². The predicted molar refractivity (Wildman–Crippen MR) is 108 cm³/mol. The first-order valence-electron chi connectivity index (χ1n) is 9.25. The van der Waals surface area contributed by atoms with Gasteiger partial charge in [0.2, 0.25) is 5.91 Å². The van der Waals surface area contributed by atoms with Gasteiger partial charge in [-0.15, -0.1) is 0 Å². The van der Waals surface area contributed by atoms with Crippen molar-refractivity contribution in [1.29, 1.82) is 0 Å². The SMILES string of the molecule is COc1ccccc1NCCC(=O)N1CCN(c2ccccc2OC)CC1. The fourth-order valence-corrected chi connectivity index (χ4v) is 3.34. The number of ether oxygens (including phenoxy) is 2. The molecule has 3 rings (SSSR count). The van der Waals surface area contributed by atoms with Crippen LogP contribution in [-0.2, 0) is 4.79 Å². The quantitative estimate of drug-likeness (QED) is 0.813. The number of para-hydroxylation sites is 4. The summed E-state index contributed by atoms with van der Waals surface area (Å²) in [5.41, 5.74) is 2.00. The van der Waals surface area contributed by atoms with Gasteiger partial charge in [0.05, 0.1) is 25.6 Å². The minimum absolute atomic E-state index is 0.178. The van der Waals surface area contributed by atoms with Crippen LogP contribution in [0, 0.1) is 0 Å². The molecule has 1 aliphatic heterocycles. The number of benzene rings is 2. The summed E-state index contributed by atoms with van der Waals surface area (Å²) in [6.07, 6.45) is 0.465. The molecule has 1 saturated heterocycles. The van der Waals surface area contributed by atoms with E-state index in [0.29, 0.717) is 13.0 Å². The Morgan fingerprint density at radius 2 is 1.56 bits per heavy atom. The van der Waals surface area contributed by atoms with E-state index in [2.05, 4.69) is 16.3 Å². The third-order valence-electron chi connectivity index (χ3n) is 4.82. The Bertz CT molecular complexity index is 758. The van der Waals surface area contributed by atoms with Gasteiger partial charge in [0.15, 0.2) is 0 Å². The average Bonchev–Trinajstić information content (AvgIpc) is 2.74. The first-order chi connectivity index (χ1) is 13.2. The molecule has 2 aromatic carbocycles. The van der Waals surface area contributed by atoms with Crippen molar-refractivity contribution in [2.24, 2.45) is 0 Å². The van der Waals surface area contributed by atoms with E-state index in [1.54, 1.807) is 14.2 Å². The van der Waals surface area contributed by atoms with Gasteiger partial charge in [-0.2, -0.15) is 0 Å². The number of carbonyl (C=O) groups is 1. The highest BCUT2D eigenvalue weighted by Crippen LogP contribution is 2.28. The number of carbonyl (C=O) groups excluding carboxylic acids is 1. The molecule has 144 valence electrons. The van der Waals surface area contributed by atoms with Crippen molar-refractivity contribution >= 4 is 17.3 Å². The molecule has 0 saturated carbocycles. The Labute approximate surface area is 160 Å². The maximum Gasteiger partial charge on any atom is 0.224 e. The molecule has 1 N–H and O–H groups in total. The van der Waals surface area contributed by atoms with Crippen molar-refractivity contribution in [3.63, 3.8) is 0 Å². The zero-order valence-corrected chi connectivity index (χ0v) is 16.0. The summed E-state index contributed by atoms with van der Waals surface area (Å²) in [5, 5.41) is 3.28. The topological polar surface area (TPSA) is 54.0 Å². The summed E-state index contributed by atoms with van der Waals surface area (Å²) in [4.78, 5) is 16.7. The Balaban J connectivity index is 1.47. The van der Waals surface area contributed by atoms with Gasteiger partial charge >= 0.3 is 0 Å². The zero-order chi connectivity index (χ0) is 19.1. The van der Waals surface area contributed by atoms with Gasteiger partial charge in [-0.25, -0.2) is 0 Å². The molecule has 1 heterocycles. The number of anilines is 2. The minimum Gasteiger partial charge on any atom is -0.495 e. The lowest BCUT2D eigenvalue weighted by molar-refractivity contribution is -0.131. The second kappa shape index (κ2) is 9.16. The molecule has 1 fully saturated rings. The lowest BCUT2D eigenvalue weighted by Crippen LogP contribution is -2.49. The highest BCUT2D eigenvalue weighted by molar-refractivity contribution is 5.77. The third-order valence-corrected chi connectivity index (χ3v) is 4.82. The van der Waals surface area contributed by atoms with E-state index in [0.717, 1.165) is 49.1 Å². The summed E-state index contributed by atoms with van der Waals surface area (Å²) < 4.78 is 10.8. The van der Waals surface area contributed by atoms with Crippen LogP contribution in [0.3, 0.4) is 0 Å². The third kappa shape index (κ3) is 4.64. The number of piperazine rings is 1. The fourth-order valence-electron chi connectivity index (χ4n) is 3.34. The van der Waals surface area contributed by atoms with E-state index < -0.39 is 0 Å². The molecule has 1 amide bonds. The summed E-state index contributed by atoms with van der Waals surface area (Å²) in [6.45, 7) is 3.67. The number of rotatable bonds is 7. The van der Waals surface area contributed by atoms with E-state index in [1.807, 2.05) is 47.4 Å². The van der Waals surface area contributed by atoms with Gasteiger partial charge in [0.1, 0.15) is 11.5 Å². The summed E-state index contributed by atoms with van der Waals surface area (Å²) in [5.74, 6) is 1.84. The Morgan fingerprint density at radius 1 is 0.926 bits per heavy atom. The van der Waals surface area contributed by atoms with Crippen LogP contribution in [0.25, 0.3) is 0 Å². The number of amides is 1. The summed E-state index contributed by atoms with van der Waals surface area (Å²) in [7, 11) is 3.33. The monoisotopic (exact) mass is 369 g/mol. The molecule has 27 heavy (non-hydrogen) atoms. The molecule has 0 radical (unpaired) electrons.